The Bertz CT molecular complexity index is 624. The lowest BCUT2D eigenvalue weighted by molar-refractivity contribution is 0.648. The van der Waals surface area contributed by atoms with Gasteiger partial charge < -0.3 is 0 Å². The van der Waals surface area contributed by atoms with E-state index in [1.165, 1.54) is 18.2 Å². The molecule has 2 aromatic rings. The molecule has 0 aliphatic heterocycles. The lowest BCUT2D eigenvalue weighted by Crippen LogP contribution is -2.09. The number of nitrogens with zero attached hydrogens (tertiary/aromatic N) is 7. The van der Waals surface area contributed by atoms with Crippen LogP contribution in [-0.2, 0) is 12.8 Å². The van der Waals surface area contributed by atoms with Crippen molar-refractivity contribution in [2.75, 3.05) is 0 Å². The van der Waals surface area contributed by atoms with Crippen LogP contribution in [0.4, 0.5) is 5.82 Å². The SMILES string of the molecule is [N-]=[N+]=Nc1nccnc1-n1ncc2c1CCCC2. The van der Waals surface area contributed by atoms with Crippen molar-refractivity contribution in [2.24, 2.45) is 5.11 Å². The van der Waals surface area contributed by atoms with Crippen LogP contribution in [0.25, 0.3) is 16.3 Å². The highest BCUT2D eigenvalue weighted by atomic mass is 15.3. The minimum absolute atomic E-state index is 0.261. The molecule has 0 saturated carbocycles. The highest BCUT2D eigenvalue weighted by Gasteiger charge is 2.18. The number of aromatic nitrogens is 4. The summed E-state index contributed by atoms with van der Waals surface area (Å²) in [7, 11) is 0. The van der Waals surface area contributed by atoms with E-state index < -0.39 is 0 Å². The number of hydrogen-bond acceptors (Lipinski definition) is 4. The van der Waals surface area contributed by atoms with E-state index in [4.69, 9.17) is 5.53 Å². The van der Waals surface area contributed by atoms with E-state index in [1.807, 2.05) is 6.20 Å². The van der Waals surface area contributed by atoms with Gasteiger partial charge in [-0.2, -0.15) is 5.10 Å². The number of aryl methyl sites for hydroxylation is 1. The summed E-state index contributed by atoms with van der Waals surface area (Å²) >= 11 is 0. The molecule has 1 aliphatic rings. The van der Waals surface area contributed by atoms with E-state index >= 15 is 0 Å². The zero-order valence-corrected chi connectivity index (χ0v) is 9.69. The minimum Gasteiger partial charge on any atom is -0.249 e. The van der Waals surface area contributed by atoms with E-state index in [1.54, 1.807) is 10.9 Å². The molecule has 7 heteroatoms. The van der Waals surface area contributed by atoms with Crippen LogP contribution >= 0.6 is 0 Å². The van der Waals surface area contributed by atoms with Crippen LogP contribution in [0.2, 0.25) is 0 Å². The fourth-order valence-corrected chi connectivity index (χ4v) is 2.26. The van der Waals surface area contributed by atoms with Gasteiger partial charge in [-0.3, -0.25) is 0 Å². The minimum atomic E-state index is 0.261. The molecule has 0 radical (unpaired) electrons. The van der Waals surface area contributed by atoms with Gasteiger partial charge in [0.05, 0.1) is 6.20 Å². The smallest absolute Gasteiger partial charge is 0.182 e. The van der Waals surface area contributed by atoms with Crippen molar-refractivity contribution in [2.45, 2.75) is 25.7 Å². The first-order valence-corrected chi connectivity index (χ1v) is 5.82. The molecule has 0 fully saturated rings. The van der Waals surface area contributed by atoms with Crippen molar-refractivity contribution in [1.29, 1.82) is 0 Å². The molecule has 0 spiro atoms. The van der Waals surface area contributed by atoms with Crippen molar-refractivity contribution in [3.8, 4) is 5.82 Å². The molecule has 3 rings (SSSR count). The maximum absolute atomic E-state index is 8.54. The van der Waals surface area contributed by atoms with Crippen molar-refractivity contribution < 1.29 is 0 Å². The summed E-state index contributed by atoms with van der Waals surface area (Å²) in [5.41, 5.74) is 10.9. The first-order valence-electron chi connectivity index (χ1n) is 5.82. The zero-order chi connectivity index (χ0) is 12.4. The van der Waals surface area contributed by atoms with Crippen LogP contribution in [0.1, 0.15) is 24.1 Å². The summed E-state index contributed by atoms with van der Waals surface area (Å²) in [6, 6.07) is 0. The molecule has 0 atom stereocenters. The average Bonchev–Trinajstić information content (AvgIpc) is 2.84. The largest absolute Gasteiger partial charge is 0.249 e. The second-order valence-electron chi connectivity index (χ2n) is 4.13. The number of rotatable bonds is 2. The highest BCUT2D eigenvalue weighted by molar-refractivity contribution is 5.46. The summed E-state index contributed by atoms with van der Waals surface area (Å²) in [6.45, 7) is 0. The second kappa shape index (κ2) is 4.46. The molecule has 0 bridgehead atoms. The third-order valence-electron chi connectivity index (χ3n) is 3.07. The van der Waals surface area contributed by atoms with Gasteiger partial charge in [-0.1, -0.05) is 0 Å². The predicted molar refractivity (Wildman–Crippen MR) is 64.6 cm³/mol. The van der Waals surface area contributed by atoms with Gasteiger partial charge in [-0.15, -0.1) is 0 Å². The van der Waals surface area contributed by atoms with Crippen molar-refractivity contribution in [3.63, 3.8) is 0 Å². The number of azide groups is 1. The third-order valence-corrected chi connectivity index (χ3v) is 3.07. The van der Waals surface area contributed by atoms with Gasteiger partial charge >= 0.3 is 0 Å². The Balaban J connectivity index is 2.15. The quantitative estimate of drug-likeness (QED) is 0.459. The van der Waals surface area contributed by atoms with E-state index in [-0.39, 0.29) is 5.82 Å². The summed E-state index contributed by atoms with van der Waals surface area (Å²) in [5, 5.41) is 7.90. The Morgan fingerprint density at radius 2 is 2.06 bits per heavy atom. The second-order valence-corrected chi connectivity index (χ2v) is 4.13. The molecule has 0 saturated heterocycles. The van der Waals surface area contributed by atoms with Gasteiger partial charge in [0.15, 0.2) is 11.6 Å². The molecule has 0 aromatic carbocycles. The summed E-state index contributed by atoms with van der Waals surface area (Å²) in [6.07, 6.45) is 9.31. The first kappa shape index (κ1) is 10.7. The van der Waals surface area contributed by atoms with E-state index in [0.29, 0.717) is 5.82 Å². The number of hydrogen-bond donors (Lipinski definition) is 0. The summed E-state index contributed by atoms with van der Waals surface area (Å²) < 4.78 is 1.74. The van der Waals surface area contributed by atoms with Crippen molar-refractivity contribution in [1.82, 2.24) is 19.7 Å². The lowest BCUT2D eigenvalue weighted by atomic mass is 9.98. The van der Waals surface area contributed by atoms with Crippen molar-refractivity contribution >= 4 is 5.82 Å². The third kappa shape index (κ3) is 1.70. The number of fused-ring (bicyclic) bond motifs is 1. The molecular weight excluding hydrogens is 230 g/mol. The highest BCUT2D eigenvalue weighted by Crippen LogP contribution is 2.25. The monoisotopic (exact) mass is 241 g/mol. The van der Waals surface area contributed by atoms with Gasteiger partial charge in [0.25, 0.3) is 0 Å². The van der Waals surface area contributed by atoms with Gasteiger partial charge in [0, 0.05) is 23.0 Å². The topological polar surface area (TPSA) is 92.4 Å². The Morgan fingerprint density at radius 3 is 2.94 bits per heavy atom. The molecular formula is C11H11N7. The van der Waals surface area contributed by atoms with E-state index in [9.17, 15) is 0 Å². The Labute approximate surface area is 103 Å². The van der Waals surface area contributed by atoms with Crippen LogP contribution in [0, 0.1) is 0 Å². The molecule has 0 unspecified atom stereocenters. The Morgan fingerprint density at radius 1 is 1.22 bits per heavy atom. The molecule has 2 aromatic heterocycles. The van der Waals surface area contributed by atoms with Crippen LogP contribution in [0.5, 0.6) is 0 Å². The van der Waals surface area contributed by atoms with Gasteiger partial charge in [-0.05, 0) is 41.9 Å². The molecule has 1 aliphatic carbocycles. The maximum Gasteiger partial charge on any atom is 0.182 e. The normalized spacial score (nSPS) is 13.8. The van der Waals surface area contributed by atoms with E-state index in [0.717, 1.165) is 25.0 Å². The zero-order valence-electron chi connectivity index (χ0n) is 9.69. The molecule has 2 heterocycles. The fraction of sp³-hybridized carbons (Fsp3) is 0.364. The molecule has 90 valence electrons. The standard InChI is InChI=1S/C11H11N7/c12-17-16-10-11(14-6-5-13-10)18-9-4-2-1-3-8(9)7-15-18/h5-7H,1-4H2. The van der Waals surface area contributed by atoms with Gasteiger partial charge in [0.2, 0.25) is 0 Å². The molecule has 18 heavy (non-hydrogen) atoms. The average molecular weight is 241 g/mol. The Hall–Kier alpha value is -2.40. The van der Waals surface area contributed by atoms with E-state index in [2.05, 4.69) is 25.1 Å². The molecule has 0 N–H and O–H groups in total. The molecule has 7 nitrogen and oxygen atoms in total. The van der Waals surface area contributed by atoms with Gasteiger partial charge in [0.1, 0.15) is 0 Å². The lowest BCUT2D eigenvalue weighted by Gasteiger charge is -2.13. The predicted octanol–water partition coefficient (Wildman–Crippen LogP) is 2.48. The van der Waals surface area contributed by atoms with Crippen LogP contribution in [0.3, 0.4) is 0 Å². The molecule has 0 amide bonds. The van der Waals surface area contributed by atoms with Gasteiger partial charge in [-0.25, -0.2) is 14.6 Å². The van der Waals surface area contributed by atoms with Crippen LogP contribution in [-0.4, -0.2) is 19.7 Å². The van der Waals surface area contributed by atoms with Crippen LogP contribution in [0.15, 0.2) is 23.7 Å². The van der Waals surface area contributed by atoms with Crippen molar-refractivity contribution in [3.05, 3.63) is 40.3 Å². The van der Waals surface area contributed by atoms with Crippen LogP contribution < -0.4 is 0 Å². The summed E-state index contributed by atoms with van der Waals surface area (Å²) in [5.74, 6) is 0.759. The Kier molecular flexibility index (Phi) is 2.66. The summed E-state index contributed by atoms with van der Waals surface area (Å²) in [4.78, 5) is 11.0. The fourth-order valence-electron chi connectivity index (χ4n) is 2.26. The maximum atomic E-state index is 8.54. The first-order chi connectivity index (χ1) is 8.90.